The highest BCUT2D eigenvalue weighted by atomic mass is 15.2. The fourth-order valence-corrected chi connectivity index (χ4v) is 3.19. The van der Waals surface area contributed by atoms with Gasteiger partial charge in [0, 0.05) is 25.2 Å². The third-order valence-electron chi connectivity index (χ3n) is 4.37. The lowest BCUT2D eigenvalue weighted by atomic mass is 10.1. The Kier molecular flexibility index (Phi) is 3.46. The molecule has 1 saturated carbocycles. The summed E-state index contributed by atoms with van der Waals surface area (Å²) >= 11 is 0. The first-order valence-electron chi connectivity index (χ1n) is 7.10. The summed E-state index contributed by atoms with van der Waals surface area (Å²) in [6.45, 7) is 6.36. The summed E-state index contributed by atoms with van der Waals surface area (Å²) in [6, 6.07) is 1.72. The summed E-state index contributed by atoms with van der Waals surface area (Å²) in [4.78, 5) is 2.71. The fraction of sp³-hybridized carbons (Fsp3) is 1.00. The van der Waals surface area contributed by atoms with E-state index in [0.29, 0.717) is 0 Å². The zero-order chi connectivity index (χ0) is 10.8. The van der Waals surface area contributed by atoms with Crippen molar-refractivity contribution in [1.29, 1.82) is 0 Å². The van der Waals surface area contributed by atoms with Crippen molar-refractivity contribution in [3.8, 4) is 0 Å². The molecule has 3 heteroatoms. The Balaban J connectivity index is 1.30. The van der Waals surface area contributed by atoms with Crippen molar-refractivity contribution in [1.82, 2.24) is 15.5 Å². The minimum Gasteiger partial charge on any atom is -0.315 e. The Morgan fingerprint density at radius 3 is 2.81 bits per heavy atom. The van der Waals surface area contributed by atoms with E-state index in [2.05, 4.69) is 15.5 Å². The van der Waals surface area contributed by atoms with Gasteiger partial charge in [-0.15, -0.1) is 0 Å². The smallest absolute Gasteiger partial charge is 0.0192 e. The van der Waals surface area contributed by atoms with Crippen molar-refractivity contribution in [2.24, 2.45) is 5.92 Å². The van der Waals surface area contributed by atoms with Crippen LogP contribution in [0.1, 0.15) is 32.1 Å². The third-order valence-corrected chi connectivity index (χ3v) is 4.37. The van der Waals surface area contributed by atoms with Crippen LogP contribution in [-0.2, 0) is 0 Å². The molecule has 2 N–H and O–H groups in total. The van der Waals surface area contributed by atoms with Gasteiger partial charge in [-0.25, -0.2) is 0 Å². The maximum Gasteiger partial charge on any atom is 0.0192 e. The highest BCUT2D eigenvalue weighted by Gasteiger charge is 2.34. The molecule has 0 spiro atoms. The Morgan fingerprint density at radius 2 is 2.06 bits per heavy atom. The number of nitrogens with one attached hydrogen (secondary N) is 2. The largest absolute Gasteiger partial charge is 0.315 e. The first-order valence-corrected chi connectivity index (χ1v) is 7.10. The minimum absolute atomic E-state index is 0.751. The first kappa shape index (κ1) is 11.0. The molecule has 92 valence electrons. The fourth-order valence-electron chi connectivity index (χ4n) is 3.19. The molecule has 1 aliphatic carbocycles. The van der Waals surface area contributed by atoms with E-state index in [1.165, 1.54) is 64.8 Å². The molecule has 16 heavy (non-hydrogen) atoms. The molecule has 3 rings (SSSR count). The Morgan fingerprint density at radius 1 is 1.12 bits per heavy atom. The van der Waals surface area contributed by atoms with Crippen LogP contribution < -0.4 is 10.6 Å². The summed E-state index contributed by atoms with van der Waals surface area (Å²) in [6.07, 6.45) is 7.08. The van der Waals surface area contributed by atoms with Crippen molar-refractivity contribution in [2.45, 2.75) is 44.2 Å². The molecule has 2 aliphatic heterocycles. The maximum absolute atomic E-state index is 3.66. The van der Waals surface area contributed by atoms with Gasteiger partial charge in [-0.3, -0.25) is 0 Å². The molecule has 3 fully saturated rings. The second-order valence-corrected chi connectivity index (χ2v) is 5.83. The predicted molar refractivity (Wildman–Crippen MR) is 66.6 cm³/mol. The number of hydrogen-bond acceptors (Lipinski definition) is 3. The topological polar surface area (TPSA) is 27.3 Å². The highest BCUT2D eigenvalue weighted by molar-refractivity contribution is 4.90. The van der Waals surface area contributed by atoms with E-state index in [1.54, 1.807) is 0 Å². The molecule has 0 amide bonds. The van der Waals surface area contributed by atoms with Gasteiger partial charge in [-0.1, -0.05) is 0 Å². The molecular formula is C13H25N3. The Hall–Kier alpha value is -0.120. The lowest BCUT2D eigenvalue weighted by Crippen LogP contribution is -2.36. The molecule has 0 radical (unpaired) electrons. The third kappa shape index (κ3) is 2.76. The van der Waals surface area contributed by atoms with Crippen molar-refractivity contribution < 1.29 is 0 Å². The average molecular weight is 223 g/mol. The van der Waals surface area contributed by atoms with Gasteiger partial charge < -0.3 is 15.5 Å². The van der Waals surface area contributed by atoms with E-state index in [4.69, 9.17) is 0 Å². The summed E-state index contributed by atoms with van der Waals surface area (Å²) in [5.74, 6) is 0.919. The van der Waals surface area contributed by atoms with Gasteiger partial charge >= 0.3 is 0 Å². The highest BCUT2D eigenvalue weighted by Crippen LogP contribution is 2.31. The van der Waals surface area contributed by atoms with Crippen molar-refractivity contribution in [3.63, 3.8) is 0 Å². The average Bonchev–Trinajstić information content (AvgIpc) is 2.83. The van der Waals surface area contributed by atoms with Crippen LogP contribution in [0.5, 0.6) is 0 Å². The molecule has 0 aromatic carbocycles. The molecule has 2 heterocycles. The number of rotatable bonds is 5. The second kappa shape index (κ2) is 5.03. The standard InChI is InChI=1S/C13H25N3/c1-2-12(15-6-1)9-14-8-11-5-7-16(10-11)13-3-4-13/h11-15H,1-10H2. The molecule has 0 aromatic rings. The number of hydrogen-bond donors (Lipinski definition) is 2. The van der Waals surface area contributed by atoms with Crippen LogP contribution >= 0.6 is 0 Å². The van der Waals surface area contributed by atoms with E-state index >= 15 is 0 Å². The van der Waals surface area contributed by atoms with Gasteiger partial charge in [0.2, 0.25) is 0 Å². The van der Waals surface area contributed by atoms with Crippen LogP contribution in [0.4, 0.5) is 0 Å². The molecule has 2 unspecified atom stereocenters. The van der Waals surface area contributed by atoms with E-state index in [1.807, 2.05) is 0 Å². The predicted octanol–water partition coefficient (Wildman–Crippen LogP) is 0.812. The summed E-state index contributed by atoms with van der Waals surface area (Å²) < 4.78 is 0. The molecule has 2 saturated heterocycles. The van der Waals surface area contributed by atoms with Gasteiger partial charge in [-0.2, -0.15) is 0 Å². The molecule has 0 aromatic heterocycles. The SMILES string of the molecule is C1CNC(CNCC2CCN(C3CC3)C2)C1. The zero-order valence-electron chi connectivity index (χ0n) is 10.3. The second-order valence-electron chi connectivity index (χ2n) is 5.83. The molecule has 2 atom stereocenters. The molecule has 3 aliphatic rings. The van der Waals surface area contributed by atoms with E-state index in [0.717, 1.165) is 18.0 Å². The van der Waals surface area contributed by atoms with Crippen LogP contribution in [0.3, 0.4) is 0 Å². The van der Waals surface area contributed by atoms with Crippen molar-refractivity contribution in [2.75, 3.05) is 32.7 Å². The molecular weight excluding hydrogens is 198 g/mol. The maximum atomic E-state index is 3.66. The van der Waals surface area contributed by atoms with Crippen LogP contribution in [0.25, 0.3) is 0 Å². The minimum atomic E-state index is 0.751. The van der Waals surface area contributed by atoms with E-state index < -0.39 is 0 Å². The van der Waals surface area contributed by atoms with Gasteiger partial charge in [0.15, 0.2) is 0 Å². The quantitative estimate of drug-likeness (QED) is 0.722. The normalized spacial score (nSPS) is 36.0. The van der Waals surface area contributed by atoms with Crippen molar-refractivity contribution >= 4 is 0 Å². The Bertz CT molecular complexity index is 221. The van der Waals surface area contributed by atoms with Crippen LogP contribution in [0, 0.1) is 5.92 Å². The Labute approximate surface area is 99.0 Å². The monoisotopic (exact) mass is 223 g/mol. The van der Waals surface area contributed by atoms with Gasteiger partial charge in [-0.05, 0) is 57.7 Å². The summed E-state index contributed by atoms with van der Waals surface area (Å²) in [7, 11) is 0. The van der Waals surface area contributed by atoms with E-state index in [9.17, 15) is 0 Å². The van der Waals surface area contributed by atoms with Crippen LogP contribution in [0.2, 0.25) is 0 Å². The summed E-state index contributed by atoms with van der Waals surface area (Å²) in [5.41, 5.74) is 0. The van der Waals surface area contributed by atoms with E-state index in [-0.39, 0.29) is 0 Å². The lowest BCUT2D eigenvalue weighted by molar-refractivity contribution is 0.311. The van der Waals surface area contributed by atoms with Gasteiger partial charge in [0.25, 0.3) is 0 Å². The first-order chi connectivity index (χ1) is 7.92. The molecule has 0 bridgehead atoms. The number of likely N-dealkylation sites (tertiary alicyclic amines) is 1. The number of nitrogens with zero attached hydrogens (tertiary/aromatic N) is 1. The van der Waals surface area contributed by atoms with Crippen LogP contribution in [0.15, 0.2) is 0 Å². The molecule has 3 nitrogen and oxygen atoms in total. The lowest BCUT2D eigenvalue weighted by Gasteiger charge is -2.16. The summed E-state index contributed by atoms with van der Waals surface area (Å²) in [5, 5.41) is 7.21. The van der Waals surface area contributed by atoms with Gasteiger partial charge in [0.1, 0.15) is 0 Å². The van der Waals surface area contributed by atoms with Crippen LogP contribution in [-0.4, -0.2) is 49.7 Å². The van der Waals surface area contributed by atoms with Gasteiger partial charge in [0.05, 0.1) is 0 Å². The van der Waals surface area contributed by atoms with Crippen molar-refractivity contribution in [3.05, 3.63) is 0 Å². The zero-order valence-corrected chi connectivity index (χ0v) is 10.3.